The lowest BCUT2D eigenvalue weighted by molar-refractivity contribution is 0.0952. The van der Waals surface area contributed by atoms with E-state index < -0.39 is 0 Å². The van der Waals surface area contributed by atoms with Crippen molar-refractivity contribution in [3.05, 3.63) is 35.9 Å². The molecule has 1 aliphatic heterocycles. The number of ether oxygens (including phenoxy) is 1. The Morgan fingerprint density at radius 3 is 2.48 bits per heavy atom. The normalized spacial score (nSPS) is 20.6. The van der Waals surface area contributed by atoms with Gasteiger partial charge < -0.3 is 10.1 Å². The summed E-state index contributed by atoms with van der Waals surface area (Å²) in [4.78, 5) is 0. The lowest BCUT2D eigenvalue weighted by Gasteiger charge is -2.41. The molecule has 0 aliphatic carbocycles. The maximum Gasteiger partial charge on any atom is 0.0576 e. The van der Waals surface area contributed by atoms with Crippen molar-refractivity contribution in [3.63, 3.8) is 0 Å². The summed E-state index contributed by atoms with van der Waals surface area (Å²) in [6.45, 7) is 5.61. The van der Waals surface area contributed by atoms with Crippen molar-refractivity contribution in [2.45, 2.75) is 69.9 Å². The maximum atomic E-state index is 5.81. The Balaban J connectivity index is 2.13. The molecule has 118 valence electrons. The van der Waals surface area contributed by atoms with Crippen LogP contribution < -0.4 is 5.32 Å². The molecule has 0 saturated carbocycles. The Kier molecular flexibility index (Phi) is 6.25. The van der Waals surface area contributed by atoms with Crippen LogP contribution in [0.5, 0.6) is 0 Å². The van der Waals surface area contributed by atoms with Crippen LogP contribution in [0.2, 0.25) is 0 Å². The van der Waals surface area contributed by atoms with E-state index in [1.807, 2.05) is 0 Å². The summed E-state index contributed by atoms with van der Waals surface area (Å²) in [6.07, 6.45) is 7.68. The van der Waals surface area contributed by atoms with Crippen LogP contribution in [-0.2, 0) is 10.2 Å². The molecule has 1 aromatic carbocycles. The van der Waals surface area contributed by atoms with Gasteiger partial charge in [0.05, 0.1) is 6.10 Å². The Morgan fingerprint density at radius 2 is 1.95 bits per heavy atom. The van der Waals surface area contributed by atoms with Crippen LogP contribution in [0.4, 0.5) is 0 Å². The Morgan fingerprint density at radius 1 is 1.24 bits per heavy atom. The molecular weight excluding hydrogens is 258 g/mol. The number of rotatable bonds is 8. The molecular formula is C19H31NO. The van der Waals surface area contributed by atoms with Gasteiger partial charge in [0.25, 0.3) is 0 Å². The van der Waals surface area contributed by atoms with E-state index >= 15 is 0 Å². The fourth-order valence-electron chi connectivity index (χ4n) is 4.04. The zero-order chi connectivity index (χ0) is 15.1. The molecule has 1 fully saturated rings. The molecule has 1 saturated heterocycles. The largest absolute Gasteiger partial charge is 0.378 e. The smallest absolute Gasteiger partial charge is 0.0576 e. The van der Waals surface area contributed by atoms with Crippen molar-refractivity contribution in [1.29, 1.82) is 0 Å². The van der Waals surface area contributed by atoms with Gasteiger partial charge in [-0.05, 0) is 51.1 Å². The second-order valence-electron chi connectivity index (χ2n) is 6.28. The first kappa shape index (κ1) is 16.5. The minimum Gasteiger partial charge on any atom is -0.378 e. The van der Waals surface area contributed by atoms with Gasteiger partial charge in [0.15, 0.2) is 0 Å². The first-order valence-corrected chi connectivity index (χ1v) is 8.61. The minimum absolute atomic E-state index is 0.231. The summed E-state index contributed by atoms with van der Waals surface area (Å²) < 4.78 is 5.81. The van der Waals surface area contributed by atoms with E-state index in [1.54, 1.807) is 0 Å². The van der Waals surface area contributed by atoms with Crippen molar-refractivity contribution in [2.75, 3.05) is 13.7 Å². The highest BCUT2D eigenvalue weighted by atomic mass is 16.5. The fourth-order valence-corrected chi connectivity index (χ4v) is 4.04. The Hall–Kier alpha value is -0.860. The summed E-state index contributed by atoms with van der Waals surface area (Å²) in [5, 5.41) is 3.61. The number of hydrogen-bond acceptors (Lipinski definition) is 2. The predicted octanol–water partition coefficient (Wildman–Crippen LogP) is 4.29. The highest BCUT2D eigenvalue weighted by Gasteiger charge is 2.36. The quantitative estimate of drug-likeness (QED) is 0.771. The lowest BCUT2D eigenvalue weighted by Crippen LogP contribution is -2.47. The first-order chi connectivity index (χ1) is 10.3. The van der Waals surface area contributed by atoms with E-state index in [1.165, 1.54) is 44.1 Å². The van der Waals surface area contributed by atoms with Gasteiger partial charge in [0.2, 0.25) is 0 Å². The topological polar surface area (TPSA) is 21.3 Å². The SMILES string of the molecule is CCC(CC)(c1ccccc1)C(CCC1CCCO1)NC. The van der Waals surface area contributed by atoms with Crippen LogP contribution in [0.15, 0.2) is 30.3 Å². The van der Waals surface area contributed by atoms with E-state index in [2.05, 4.69) is 56.5 Å². The molecule has 2 rings (SSSR count). The Bertz CT molecular complexity index is 393. The number of benzene rings is 1. The van der Waals surface area contributed by atoms with E-state index in [4.69, 9.17) is 4.74 Å². The number of nitrogens with one attached hydrogen (secondary N) is 1. The van der Waals surface area contributed by atoms with Crippen molar-refractivity contribution < 1.29 is 4.74 Å². The van der Waals surface area contributed by atoms with Gasteiger partial charge in [-0.25, -0.2) is 0 Å². The average Bonchev–Trinajstić information content (AvgIpc) is 3.06. The highest BCUT2D eigenvalue weighted by molar-refractivity contribution is 5.27. The zero-order valence-corrected chi connectivity index (χ0v) is 13.9. The maximum absolute atomic E-state index is 5.81. The second kappa shape index (κ2) is 7.95. The molecule has 2 atom stereocenters. The summed E-state index contributed by atoms with van der Waals surface area (Å²) >= 11 is 0. The standard InChI is InChI=1S/C19H31NO/c1-4-19(5-2,16-10-7-6-8-11-16)18(20-3)14-13-17-12-9-15-21-17/h6-8,10-11,17-18,20H,4-5,9,12-15H2,1-3H3. The van der Waals surface area contributed by atoms with Gasteiger partial charge in [-0.15, -0.1) is 0 Å². The van der Waals surface area contributed by atoms with Gasteiger partial charge in [-0.1, -0.05) is 44.2 Å². The van der Waals surface area contributed by atoms with Crippen molar-refractivity contribution >= 4 is 0 Å². The molecule has 0 spiro atoms. The molecule has 2 heteroatoms. The van der Waals surface area contributed by atoms with E-state index in [-0.39, 0.29) is 5.41 Å². The summed E-state index contributed by atoms with van der Waals surface area (Å²) in [5.41, 5.74) is 1.70. The van der Waals surface area contributed by atoms with Crippen LogP contribution in [0, 0.1) is 0 Å². The predicted molar refractivity (Wildman–Crippen MR) is 89.8 cm³/mol. The van der Waals surface area contributed by atoms with Gasteiger partial charge in [-0.3, -0.25) is 0 Å². The molecule has 1 aromatic rings. The number of likely N-dealkylation sites (N-methyl/N-ethyl adjacent to an activating group) is 1. The molecule has 2 nitrogen and oxygen atoms in total. The first-order valence-electron chi connectivity index (χ1n) is 8.61. The average molecular weight is 289 g/mol. The summed E-state index contributed by atoms with van der Waals surface area (Å²) in [6, 6.07) is 11.6. The van der Waals surface area contributed by atoms with Gasteiger partial charge in [-0.2, -0.15) is 0 Å². The second-order valence-corrected chi connectivity index (χ2v) is 6.28. The van der Waals surface area contributed by atoms with E-state index in [0.29, 0.717) is 12.1 Å². The summed E-state index contributed by atoms with van der Waals surface area (Å²) in [5.74, 6) is 0. The van der Waals surface area contributed by atoms with Crippen LogP contribution in [0.25, 0.3) is 0 Å². The monoisotopic (exact) mass is 289 g/mol. The van der Waals surface area contributed by atoms with Gasteiger partial charge in [0, 0.05) is 18.1 Å². The molecule has 1 N–H and O–H groups in total. The van der Waals surface area contributed by atoms with E-state index in [9.17, 15) is 0 Å². The summed E-state index contributed by atoms with van der Waals surface area (Å²) in [7, 11) is 2.11. The third-order valence-electron chi connectivity index (χ3n) is 5.43. The van der Waals surface area contributed by atoms with Crippen molar-refractivity contribution in [2.24, 2.45) is 0 Å². The van der Waals surface area contributed by atoms with E-state index in [0.717, 1.165) is 6.61 Å². The third-order valence-corrected chi connectivity index (χ3v) is 5.43. The van der Waals surface area contributed by atoms with Crippen LogP contribution in [-0.4, -0.2) is 25.8 Å². The van der Waals surface area contributed by atoms with Gasteiger partial charge in [0.1, 0.15) is 0 Å². The van der Waals surface area contributed by atoms with Crippen LogP contribution in [0.3, 0.4) is 0 Å². The lowest BCUT2D eigenvalue weighted by atomic mass is 9.68. The molecule has 0 aromatic heterocycles. The Labute approximate surface area is 130 Å². The molecule has 1 heterocycles. The van der Waals surface area contributed by atoms with Gasteiger partial charge >= 0.3 is 0 Å². The molecule has 2 unspecified atom stereocenters. The molecule has 21 heavy (non-hydrogen) atoms. The number of hydrogen-bond donors (Lipinski definition) is 1. The van der Waals surface area contributed by atoms with Crippen molar-refractivity contribution in [1.82, 2.24) is 5.32 Å². The zero-order valence-electron chi connectivity index (χ0n) is 13.9. The molecule has 0 radical (unpaired) electrons. The fraction of sp³-hybridized carbons (Fsp3) is 0.684. The third kappa shape index (κ3) is 3.67. The van der Waals surface area contributed by atoms with Crippen molar-refractivity contribution in [3.8, 4) is 0 Å². The van der Waals surface area contributed by atoms with Crippen LogP contribution in [0.1, 0.15) is 57.9 Å². The molecule has 1 aliphatic rings. The molecule has 0 amide bonds. The minimum atomic E-state index is 0.231. The molecule has 0 bridgehead atoms. The van der Waals surface area contributed by atoms with Crippen LogP contribution >= 0.6 is 0 Å². The highest BCUT2D eigenvalue weighted by Crippen LogP contribution is 2.37.